The van der Waals surface area contributed by atoms with Crippen LogP contribution in [0.25, 0.3) is 5.69 Å². The van der Waals surface area contributed by atoms with E-state index in [0.29, 0.717) is 0 Å². The van der Waals surface area contributed by atoms with Crippen LogP contribution < -0.4 is 0 Å². The van der Waals surface area contributed by atoms with Crippen LogP contribution in [0.4, 0.5) is 0 Å². The molecule has 0 radical (unpaired) electrons. The maximum absolute atomic E-state index is 5.85. The van der Waals surface area contributed by atoms with Crippen molar-refractivity contribution in [3.8, 4) is 5.69 Å². The van der Waals surface area contributed by atoms with E-state index in [2.05, 4.69) is 4.98 Å². The molecule has 0 N–H and O–H groups in total. The van der Waals surface area contributed by atoms with Gasteiger partial charge in [0, 0.05) is 23.1 Å². The molecule has 0 saturated heterocycles. The lowest BCUT2D eigenvalue weighted by Gasteiger charge is -2.05. The molecule has 3 heteroatoms. The van der Waals surface area contributed by atoms with E-state index in [1.165, 1.54) is 0 Å². The van der Waals surface area contributed by atoms with Crippen LogP contribution in [0.2, 0.25) is 5.02 Å². The van der Waals surface area contributed by atoms with Gasteiger partial charge in [0.25, 0.3) is 0 Å². The van der Waals surface area contributed by atoms with Gasteiger partial charge in [-0.3, -0.25) is 0 Å². The average Bonchev–Trinajstić information content (AvgIpc) is 2.56. The topological polar surface area (TPSA) is 17.8 Å². The van der Waals surface area contributed by atoms with E-state index in [4.69, 9.17) is 11.6 Å². The fourth-order valence-electron chi connectivity index (χ4n) is 1.31. The van der Waals surface area contributed by atoms with Gasteiger partial charge >= 0.3 is 0 Å². The van der Waals surface area contributed by atoms with Crippen molar-refractivity contribution in [2.24, 2.45) is 0 Å². The van der Waals surface area contributed by atoms with Gasteiger partial charge in [-0.2, -0.15) is 0 Å². The van der Waals surface area contributed by atoms with Crippen LogP contribution in [0.5, 0.6) is 0 Å². The van der Waals surface area contributed by atoms with Crippen molar-refractivity contribution in [1.82, 2.24) is 9.55 Å². The molecule has 0 aliphatic carbocycles. The SMILES string of the molecule is Cc1cc(Cl)ccc1-n1ccnc1. The van der Waals surface area contributed by atoms with Gasteiger partial charge in [0.15, 0.2) is 0 Å². The lowest BCUT2D eigenvalue weighted by Crippen LogP contribution is -1.92. The molecule has 66 valence electrons. The molecule has 0 saturated carbocycles. The zero-order chi connectivity index (χ0) is 9.26. The van der Waals surface area contributed by atoms with Crippen molar-refractivity contribution in [2.75, 3.05) is 0 Å². The first-order valence-electron chi connectivity index (χ1n) is 4.02. The maximum Gasteiger partial charge on any atom is 0.0991 e. The molecule has 0 bridgehead atoms. The third-order valence-electron chi connectivity index (χ3n) is 1.94. The second-order valence-corrected chi connectivity index (χ2v) is 3.34. The summed E-state index contributed by atoms with van der Waals surface area (Å²) in [6, 6.07) is 5.81. The molecule has 1 aromatic heterocycles. The highest BCUT2D eigenvalue weighted by Crippen LogP contribution is 2.18. The van der Waals surface area contributed by atoms with E-state index in [0.717, 1.165) is 16.3 Å². The van der Waals surface area contributed by atoms with E-state index in [1.807, 2.05) is 35.9 Å². The first-order chi connectivity index (χ1) is 6.27. The molecule has 0 fully saturated rings. The Kier molecular flexibility index (Phi) is 2.07. The second kappa shape index (κ2) is 3.23. The van der Waals surface area contributed by atoms with Gasteiger partial charge in [0.2, 0.25) is 0 Å². The van der Waals surface area contributed by atoms with Crippen LogP contribution in [0.3, 0.4) is 0 Å². The Morgan fingerprint density at radius 2 is 2.23 bits per heavy atom. The molecule has 1 heterocycles. The third-order valence-corrected chi connectivity index (χ3v) is 2.18. The standard InChI is InChI=1S/C10H9ClN2/c1-8-6-9(11)2-3-10(8)13-5-4-12-7-13/h2-7H,1H3. The van der Waals surface area contributed by atoms with Gasteiger partial charge < -0.3 is 4.57 Å². The highest BCUT2D eigenvalue weighted by Gasteiger charge is 1.99. The second-order valence-electron chi connectivity index (χ2n) is 2.90. The Labute approximate surface area is 81.8 Å². The van der Waals surface area contributed by atoms with E-state index in [1.54, 1.807) is 12.5 Å². The molecule has 0 aliphatic heterocycles. The number of nitrogens with zero attached hydrogens (tertiary/aromatic N) is 2. The van der Waals surface area contributed by atoms with Crippen LogP contribution in [0.15, 0.2) is 36.9 Å². The monoisotopic (exact) mass is 192 g/mol. The number of aromatic nitrogens is 2. The van der Waals surface area contributed by atoms with E-state index < -0.39 is 0 Å². The maximum atomic E-state index is 5.85. The largest absolute Gasteiger partial charge is 0.306 e. The van der Waals surface area contributed by atoms with Crippen LogP contribution >= 0.6 is 11.6 Å². The van der Waals surface area contributed by atoms with Gasteiger partial charge in [0.05, 0.1) is 6.33 Å². The molecular weight excluding hydrogens is 184 g/mol. The summed E-state index contributed by atoms with van der Waals surface area (Å²) in [5.74, 6) is 0. The molecule has 0 aliphatic rings. The number of halogens is 1. The zero-order valence-electron chi connectivity index (χ0n) is 7.24. The Bertz CT molecular complexity index is 407. The lowest BCUT2D eigenvalue weighted by atomic mass is 10.2. The van der Waals surface area contributed by atoms with Crippen molar-refractivity contribution in [3.05, 3.63) is 47.5 Å². The van der Waals surface area contributed by atoms with Gasteiger partial charge in [0.1, 0.15) is 0 Å². The third kappa shape index (κ3) is 1.58. The summed E-state index contributed by atoms with van der Waals surface area (Å²) in [4.78, 5) is 3.99. The Hall–Kier alpha value is -1.28. The first kappa shape index (κ1) is 8.32. The first-order valence-corrected chi connectivity index (χ1v) is 4.39. The number of aryl methyl sites for hydroxylation is 1. The number of rotatable bonds is 1. The number of imidazole rings is 1. The van der Waals surface area contributed by atoms with Crippen molar-refractivity contribution in [1.29, 1.82) is 0 Å². The zero-order valence-corrected chi connectivity index (χ0v) is 7.99. The van der Waals surface area contributed by atoms with Gasteiger partial charge in [-0.15, -0.1) is 0 Å². The smallest absolute Gasteiger partial charge is 0.0991 e. The molecule has 2 aromatic rings. The highest BCUT2D eigenvalue weighted by molar-refractivity contribution is 6.30. The number of benzene rings is 1. The Morgan fingerprint density at radius 1 is 1.38 bits per heavy atom. The highest BCUT2D eigenvalue weighted by atomic mass is 35.5. The van der Waals surface area contributed by atoms with E-state index in [-0.39, 0.29) is 0 Å². The number of hydrogen-bond acceptors (Lipinski definition) is 1. The predicted molar refractivity (Wildman–Crippen MR) is 53.3 cm³/mol. The minimum Gasteiger partial charge on any atom is -0.306 e. The Morgan fingerprint density at radius 3 is 2.85 bits per heavy atom. The quantitative estimate of drug-likeness (QED) is 0.680. The van der Waals surface area contributed by atoms with Crippen LogP contribution in [-0.2, 0) is 0 Å². The number of hydrogen-bond donors (Lipinski definition) is 0. The summed E-state index contributed by atoms with van der Waals surface area (Å²) in [5, 5.41) is 0.765. The van der Waals surface area contributed by atoms with Crippen LogP contribution in [0, 0.1) is 6.92 Å². The molecule has 0 unspecified atom stereocenters. The minimum absolute atomic E-state index is 0.765. The molecule has 0 atom stereocenters. The fraction of sp³-hybridized carbons (Fsp3) is 0.100. The van der Waals surface area contributed by atoms with Crippen molar-refractivity contribution < 1.29 is 0 Å². The lowest BCUT2D eigenvalue weighted by molar-refractivity contribution is 1.04. The average molecular weight is 193 g/mol. The van der Waals surface area contributed by atoms with Gasteiger partial charge in [-0.25, -0.2) is 4.98 Å². The minimum atomic E-state index is 0.765. The molecule has 1 aromatic carbocycles. The predicted octanol–water partition coefficient (Wildman–Crippen LogP) is 2.83. The molecule has 0 spiro atoms. The molecule has 0 amide bonds. The van der Waals surface area contributed by atoms with Gasteiger partial charge in [-0.05, 0) is 30.7 Å². The normalized spacial score (nSPS) is 10.3. The van der Waals surface area contributed by atoms with Crippen molar-refractivity contribution in [3.63, 3.8) is 0 Å². The van der Waals surface area contributed by atoms with E-state index >= 15 is 0 Å². The van der Waals surface area contributed by atoms with Crippen molar-refractivity contribution in [2.45, 2.75) is 6.92 Å². The molecule has 2 nitrogen and oxygen atoms in total. The summed E-state index contributed by atoms with van der Waals surface area (Å²) < 4.78 is 1.96. The molecular formula is C10H9ClN2. The summed E-state index contributed by atoms with van der Waals surface area (Å²) >= 11 is 5.85. The molecule has 2 rings (SSSR count). The Balaban J connectivity index is 2.53. The van der Waals surface area contributed by atoms with Crippen LogP contribution in [0.1, 0.15) is 5.56 Å². The van der Waals surface area contributed by atoms with E-state index in [9.17, 15) is 0 Å². The summed E-state index contributed by atoms with van der Waals surface area (Å²) in [5.41, 5.74) is 2.26. The summed E-state index contributed by atoms with van der Waals surface area (Å²) in [6.45, 7) is 2.03. The molecule has 13 heavy (non-hydrogen) atoms. The summed E-state index contributed by atoms with van der Waals surface area (Å²) in [7, 11) is 0. The van der Waals surface area contributed by atoms with Crippen LogP contribution in [-0.4, -0.2) is 9.55 Å². The summed E-state index contributed by atoms with van der Waals surface area (Å²) in [6.07, 6.45) is 5.44. The van der Waals surface area contributed by atoms with Gasteiger partial charge in [-0.1, -0.05) is 11.6 Å². The van der Waals surface area contributed by atoms with Crippen molar-refractivity contribution >= 4 is 11.6 Å². The fourth-order valence-corrected chi connectivity index (χ4v) is 1.54.